The molecule has 11 heteroatoms. The maximum atomic E-state index is 12.9. The third kappa shape index (κ3) is 5.41. The first-order valence-electron chi connectivity index (χ1n) is 11.8. The van der Waals surface area contributed by atoms with Crippen molar-refractivity contribution < 1.29 is 31.2 Å². The van der Waals surface area contributed by atoms with Crippen molar-refractivity contribution in [3.8, 4) is 0 Å². The van der Waals surface area contributed by atoms with Gasteiger partial charge in [-0.25, -0.2) is 18.0 Å². The summed E-state index contributed by atoms with van der Waals surface area (Å²) in [6.07, 6.45) is -1.32. The van der Waals surface area contributed by atoms with Gasteiger partial charge in [0.2, 0.25) is 10.0 Å². The number of fused-ring (bicyclic) bond motifs is 1. The molecule has 0 bridgehead atoms. The fraction of sp³-hybridized carbons (Fsp3) is 0.440. The molecule has 2 amide bonds. The molecule has 0 radical (unpaired) electrons. The molecule has 2 N–H and O–H groups in total. The van der Waals surface area contributed by atoms with Gasteiger partial charge >= 0.3 is 6.18 Å². The second-order valence-electron chi connectivity index (χ2n) is 9.56. The Balaban J connectivity index is 1.37. The molecule has 1 aliphatic heterocycles. The highest BCUT2D eigenvalue weighted by molar-refractivity contribution is 7.90. The lowest BCUT2D eigenvalue weighted by Crippen LogP contribution is -2.41. The van der Waals surface area contributed by atoms with Crippen molar-refractivity contribution in [1.82, 2.24) is 4.72 Å². The van der Waals surface area contributed by atoms with E-state index in [2.05, 4.69) is 10.0 Å². The quantitative estimate of drug-likeness (QED) is 0.508. The third-order valence-electron chi connectivity index (χ3n) is 6.73. The van der Waals surface area contributed by atoms with E-state index in [0.29, 0.717) is 18.2 Å². The van der Waals surface area contributed by atoms with Gasteiger partial charge in [0.25, 0.3) is 11.8 Å². The van der Waals surface area contributed by atoms with Crippen molar-refractivity contribution >= 4 is 33.2 Å². The number of nitrogens with zero attached hydrogens (tertiary/aromatic N) is 1. The van der Waals surface area contributed by atoms with Gasteiger partial charge < -0.3 is 5.32 Å². The van der Waals surface area contributed by atoms with Gasteiger partial charge in [0.05, 0.1) is 27.6 Å². The number of sulfonamides is 1. The molecule has 0 atom stereocenters. The maximum Gasteiger partial charge on any atom is 0.416 e. The van der Waals surface area contributed by atoms with Crippen LogP contribution in [0.3, 0.4) is 0 Å². The molecular formula is C25H28F3N3O4S. The average molecular weight is 524 g/mol. The van der Waals surface area contributed by atoms with Gasteiger partial charge in [0, 0.05) is 18.3 Å². The number of alkyl halides is 3. The van der Waals surface area contributed by atoms with Gasteiger partial charge in [0.1, 0.15) is 0 Å². The summed E-state index contributed by atoms with van der Waals surface area (Å²) in [4.78, 5) is 26.6. The van der Waals surface area contributed by atoms with E-state index in [1.54, 1.807) is 32.0 Å². The Hall–Kier alpha value is -2.92. The number of nitrogens with one attached hydrogen (secondary N) is 2. The number of halogens is 3. The lowest BCUT2D eigenvalue weighted by Gasteiger charge is -2.29. The number of rotatable bonds is 7. The molecule has 1 aliphatic carbocycles. The van der Waals surface area contributed by atoms with Crippen molar-refractivity contribution in [2.45, 2.75) is 57.0 Å². The van der Waals surface area contributed by atoms with Crippen molar-refractivity contribution in [1.29, 1.82) is 0 Å². The van der Waals surface area contributed by atoms with Crippen LogP contribution in [0.2, 0.25) is 0 Å². The fourth-order valence-electron chi connectivity index (χ4n) is 4.50. The van der Waals surface area contributed by atoms with Crippen LogP contribution in [0.5, 0.6) is 0 Å². The maximum absolute atomic E-state index is 12.9. The van der Waals surface area contributed by atoms with Crippen LogP contribution >= 0.6 is 0 Å². The Kier molecular flexibility index (Phi) is 7.16. The van der Waals surface area contributed by atoms with E-state index in [1.165, 1.54) is 0 Å². The first-order valence-corrected chi connectivity index (χ1v) is 13.4. The van der Waals surface area contributed by atoms with Crippen LogP contribution in [0.4, 0.5) is 24.5 Å². The minimum Gasteiger partial charge on any atom is -0.385 e. The SMILES string of the molecule is CC(C)S(=O)(=O)NC1CCC(CNc2ccc3c(c2)C(=O)N(c2ccc(C(F)(F)F)cc2)C3=O)CC1. The molecule has 2 aliphatic rings. The number of amides is 2. The van der Waals surface area contributed by atoms with Gasteiger partial charge in [-0.15, -0.1) is 0 Å². The standard InChI is InChI=1S/C25H28F3N3O4S/c1-15(2)36(34,35)30-18-7-3-16(4-8-18)14-29-19-9-12-21-22(13-19)24(33)31(23(21)32)20-10-5-17(6-11-20)25(26,27)28/h5-6,9-13,15-16,18,29-30H,3-4,7-8,14H2,1-2H3. The molecule has 36 heavy (non-hydrogen) atoms. The van der Waals surface area contributed by atoms with Gasteiger partial charge in [-0.1, -0.05) is 0 Å². The Labute approximate surface area is 208 Å². The van der Waals surface area contributed by atoms with Gasteiger partial charge in [-0.2, -0.15) is 13.2 Å². The van der Waals surface area contributed by atoms with Crippen LogP contribution in [0, 0.1) is 5.92 Å². The molecule has 4 rings (SSSR count). The fourth-order valence-corrected chi connectivity index (χ4v) is 5.47. The Morgan fingerprint density at radius 3 is 2.14 bits per heavy atom. The van der Waals surface area contributed by atoms with Crippen molar-refractivity contribution in [3.63, 3.8) is 0 Å². The van der Waals surface area contributed by atoms with Crippen molar-refractivity contribution in [2.24, 2.45) is 5.92 Å². The number of anilines is 2. The van der Waals surface area contributed by atoms with E-state index in [4.69, 9.17) is 0 Å². The van der Waals surface area contributed by atoms with E-state index < -0.39 is 38.8 Å². The molecule has 0 saturated heterocycles. The smallest absolute Gasteiger partial charge is 0.385 e. The second kappa shape index (κ2) is 9.85. The zero-order valence-electron chi connectivity index (χ0n) is 19.9. The summed E-state index contributed by atoms with van der Waals surface area (Å²) >= 11 is 0. The first kappa shape index (κ1) is 26.2. The number of carbonyl (C=O) groups excluding carboxylic acids is 2. The molecule has 1 heterocycles. The van der Waals surface area contributed by atoms with Gasteiger partial charge in [-0.05, 0) is 87.9 Å². The van der Waals surface area contributed by atoms with Crippen LogP contribution in [0.25, 0.3) is 0 Å². The molecule has 0 unspecified atom stereocenters. The Morgan fingerprint density at radius 1 is 0.944 bits per heavy atom. The average Bonchev–Trinajstić information content (AvgIpc) is 3.07. The number of hydrogen-bond acceptors (Lipinski definition) is 5. The van der Waals surface area contributed by atoms with Crippen LogP contribution < -0.4 is 14.9 Å². The Morgan fingerprint density at radius 2 is 1.56 bits per heavy atom. The largest absolute Gasteiger partial charge is 0.416 e. The minimum absolute atomic E-state index is 0.0616. The van der Waals surface area contributed by atoms with Crippen LogP contribution in [-0.4, -0.2) is 38.1 Å². The molecule has 2 aromatic carbocycles. The van der Waals surface area contributed by atoms with E-state index in [0.717, 1.165) is 54.8 Å². The molecular weight excluding hydrogens is 495 g/mol. The molecule has 1 fully saturated rings. The lowest BCUT2D eigenvalue weighted by molar-refractivity contribution is -0.137. The predicted octanol–water partition coefficient (Wildman–Crippen LogP) is 4.80. The summed E-state index contributed by atoms with van der Waals surface area (Å²) in [5.41, 5.74) is 0.265. The zero-order chi connectivity index (χ0) is 26.3. The topological polar surface area (TPSA) is 95.6 Å². The van der Waals surface area contributed by atoms with Crippen molar-refractivity contribution in [2.75, 3.05) is 16.8 Å². The number of imide groups is 1. The number of carbonyl (C=O) groups is 2. The number of benzene rings is 2. The van der Waals surface area contributed by atoms with E-state index in [9.17, 15) is 31.2 Å². The molecule has 0 spiro atoms. The summed E-state index contributed by atoms with van der Waals surface area (Å²) in [5, 5.41) is 2.82. The lowest BCUT2D eigenvalue weighted by atomic mass is 9.86. The summed E-state index contributed by atoms with van der Waals surface area (Å²) in [6.45, 7) is 3.93. The summed E-state index contributed by atoms with van der Waals surface area (Å²) in [7, 11) is -3.30. The highest BCUT2D eigenvalue weighted by Gasteiger charge is 2.38. The van der Waals surface area contributed by atoms with Crippen molar-refractivity contribution in [3.05, 3.63) is 59.2 Å². The van der Waals surface area contributed by atoms with E-state index in [1.807, 2.05) is 0 Å². The second-order valence-corrected chi connectivity index (χ2v) is 11.8. The third-order valence-corrected chi connectivity index (χ3v) is 8.64. The molecule has 1 saturated carbocycles. The minimum atomic E-state index is -4.51. The summed E-state index contributed by atoms with van der Waals surface area (Å²) in [5.74, 6) is -0.834. The molecule has 7 nitrogen and oxygen atoms in total. The van der Waals surface area contributed by atoms with Crippen LogP contribution in [0.15, 0.2) is 42.5 Å². The van der Waals surface area contributed by atoms with E-state index >= 15 is 0 Å². The highest BCUT2D eigenvalue weighted by Crippen LogP contribution is 2.34. The first-order chi connectivity index (χ1) is 16.9. The van der Waals surface area contributed by atoms with Gasteiger partial charge in [0.15, 0.2) is 0 Å². The molecule has 194 valence electrons. The van der Waals surface area contributed by atoms with Crippen LogP contribution in [-0.2, 0) is 16.2 Å². The Bertz CT molecular complexity index is 1250. The predicted molar refractivity (Wildman–Crippen MR) is 130 cm³/mol. The molecule has 0 aromatic heterocycles. The zero-order valence-corrected chi connectivity index (χ0v) is 20.7. The van der Waals surface area contributed by atoms with E-state index in [-0.39, 0.29) is 22.9 Å². The normalized spacial score (nSPS) is 20.7. The number of hydrogen-bond donors (Lipinski definition) is 2. The van der Waals surface area contributed by atoms with Crippen LogP contribution in [0.1, 0.15) is 65.8 Å². The molecule has 2 aromatic rings. The summed E-state index contributed by atoms with van der Waals surface area (Å²) in [6, 6.07) is 8.67. The summed E-state index contributed by atoms with van der Waals surface area (Å²) < 4.78 is 65.5. The highest BCUT2D eigenvalue weighted by atomic mass is 32.2. The monoisotopic (exact) mass is 523 g/mol. The van der Waals surface area contributed by atoms with Gasteiger partial charge in [-0.3, -0.25) is 9.59 Å².